The zero-order valence-electron chi connectivity index (χ0n) is 11.4. The lowest BCUT2D eigenvalue weighted by molar-refractivity contribution is -0.384. The number of hydrogen-bond acceptors (Lipinski definition) is 4. The van der Waals surface area contributed by atoms with Crippen LogP contribution in [0, 0.1) is 17.0 Å². The number of nitrogens with zero attached hydrogens (tertiary/aromatic N) is 2. The minimum absolute atomic E-state index is 0.0711. The summed E-state index contributed by atoms with van der Waals surface area (Å²) in [4.78, 5) is 12.7. The second-order valence-electron chi connectivity index (χ2n) is 4.62. The van der Waals surface area contributed by atoms with E-state index >= 15 is 0 Å². The highest BCUT2D eigenvalue weighted by Crippen LogP contribution is 2.28. The summed E-state index contributed by atoms with van der Waals surface area (Å²) in [6, 6.07) is 8.31. The van der Waals surface area contributed by atoms with E-state index in [1.807, 2.05) is 27.1 Å². The van der Waals surface area contributed by atoms with Crippen molar-refractivity contribution in [2.24, 2.45) is 0 Å². The standard InChI is InChI=1S/C14H14N2O3S/c1-9-8-10(16(17)18)4-5-11(9)12-6-7-13(19-12)14(20)15(2)3/h4-8H,1-3H3. The van der Waals surface area contributed by atoms with Gasteiger partial charge in [0.05, 0.1) is 4.92 Å². The molecule has 0 spiro atoms. The van der Waals surface area contributed by atoms with Crippen LogP contribution in [0.1, 0.15) is 11.3 Å². The molecule has 2 rings (SSSR count). The Morgan fingerprint density at radius 2 is 2.00 bits per heavy atom. The minimum atomic E-state index is -0.411. The van der Waals surface area contributed by atoms with E-state index in [0.29, 0.717) is 16.5 Å². The largest absolute Gasteiger partial charge is 0.454 e. The summed E-state index contributed by atoms with van der Waals surface area (Å²) in [5.41, 5.74) is 1.68. The maximum Gasteiger partial charge on any atom is 0.269 e. The number of nitro benzene ring substituents is 1. The molecule has 0 bridgehead atoms. The lowest BCUT2D eigenvalue weighted by Crippen LogP contribution is -2.19. The average molecular weight is 290 g/mol. The quantitative estimate of drug-likeness (QED) is 0.492. The monoisotopic (exact) mass is 290 g/mol. The summed E-state index contributed by atoms with van der Waals surface area (Å²) in [7, 11) is 3.70. The van der Waals surface area contributed by atoms with Crippen molar-refractivity contribution >= 4 is 22.9 Å². The van der Waals surface area contributed by atoms with Gasteiger partial charge in [0.25, 0.3) is 5.69 Å². The number of hydrogen-bond donors (Lipinski definition) is 0. The maximum absolute atomic E-state index is 10.7. The fraction of sp³-hybridized carbons (Fsp3) is 0.214. The van der Waals surface area contributed by atoms with Gasteiger partial charge in [0.15, 0.2) is 5.76 Å². The van der Waals surface area contributed by atoms with Gasteiger partial charge in [0, 0.05) is 31.8 Å². The number of nitro groups is 1. The number of rotatable bonds is 3. The first-order valence-corrected chi connectivity index (χ1v) is 6.38. The van der Waals surface area contributed by atoms with E-state index in [-0.39, 0.29) is 5.69 Å². The topological polar surface area (TPSA) is 59.5 Å². The van der Waals surface area contributed by atoms with Crippen LogP contribution in [0.15, 0.2) is 34.7 Å². The molecular weight excluding hydrogens is 276 g/mol. The summed E-state index contributed by atoms with van der Waals surface area (Å²) in [6.45, 7) is 1.81. The fourth-order valence-electron chi connectivity index (χ4n) is 1.86. The van der Waals surface area contributed by atoms with Gasteiger partial charge >= 0.3 is 0 Å². The Hall–Kier alpha value is -2.21. The molecule has 2 aromatic rings. The van der Waals surface area contributed by atoms with Gasteiger partial charge in [0.1, 0.15) is 10.7 Å². The molecule has 0 atom stereocenters. The van der Waals surface area contributed by atoms with E-state index in [1.165, 1.54) is 12.1 Å². The highest BCUT2D eigenvalue weighted by molar-refractivity contribution is 7.80. The van der Waals surface area contributed by atoms with Crippen LogP contribution in [0.25, 0.3) is 11.3 Å². The molecule has 20 heavy (non-hydrogen) atoms. The molecular formula is C14H14N2O3S. The van der Waals surface area contributed by atoms with Gasteiger partial charge < -0.3 is 9.32 Å². The predicted octanol–water partition coefficient (Wildman–Crippen LogP) is 3.40. The van der Waals surface area contributed by atoms with Crippen molar-refractivity contribution in [2.45, 2.75) is 6.92 Å². The van der Waals surface area contributed by atoms with Gasteiger partial charge in [-0.25, -0.2) is 0 Å². The summed E-state index contributed by atoms with van der Waals surface area (Å²) < 4.78 is 5.72. The number of benzene rings is 1. The van der Waals surface area contributed by atoms with E-state index in [4.69, 9.17) is 16.6 Å². The molecule has 0 aliphatic carbocycles. The summed E-state index contributed by atoms with van der Waals surface area (Å²) in [5.74, 6) is 1.26. The van der Waals surface area contributed by atoms with Crippen LogP contribution >= 0.6 is 12.2 Å². The van der Waals surface area contributed by atoms with E-state index in [9.17, 15) is 10.1 Å². The van der Waals surface area contributed by atoms with Gasteiger partial charge in [-0.05, 0) is 30.7 Å². The van der Waals surface area contributed by atoms with E-state index in [2.05, 4.69) is 0 Å². The van der Waals surface area contributed by atoms with Crippen LogP contribution in [0.3, 0.4) is 0 Å². The zero-order valence-corrected chi connectivity index (χ0v) is 12.2. The highest BCUT2D eigenvalue weighted by Gasteiger charge is 2.14. The second-order valence-corrected chi connectivity index (χ2v) is 5.01. The van der Waals surface area contributed by atoms with Gasteiger partial charge in [0.2, 0.25) is 0 Å². The molecule has 1 aromatic carbocycles. The Morgan fingerprint density at radius 3 is 2.55 bits per heavy atom. The first kappa shape index (κ1) is 14.2. The molecule has 0 saturated carbocycles. The summed E-state index contributed by atoms with van der Waals surface area (Å²) in [6.07, 6.45) is 0. The first-order chi connectivity index (χ1) is 9.40. The lowest BCUT2D eigenvalue weighted by Gasteiger charge is -2.10. The molecule has 1 aromatic heterocycles. The van der Waals surface area contributed by atoms with Gasteiger partial charge in [-0.1, -0.05) is 12.2 Å². The zero-order chi connectivity index (χ0) is 14.9. The normalized spacial score (nSPS) is 10.3. The Kier molecular flexibility index (Phi) is 3.85. The molecule has 0 radical (unpaired) electrons. The van der Waals surface area contributed by atoms with Crippen molar-refractivity contribution in [1.82, 2.24) is 4.90 Å². The van der Waals surface area contributed by atoms with E-state index < -0.39 is 4.92 Å². The molecule has 104 valence electrons. The lowest BCUT2D eigenvalue weighted by atomic mass is 10.1. The fourth-order valence-corrected chi connectivity index (χ4v) is 1.97. The smallest absolute Gasteiger partial charge is 0.269 e. The average Bonchev–Trinajstić information content (AvgIpc) is 2.86. The van der Waals surface area contributed by atoms with Crippen molar-refractivity contribution in [3.05, 3.63) is 51.8 Å². The second kappa shape index (κ2) is 5.42. The molecule has 1 heterocycles. The molecule has 0 unspecified atom stereocenters. The molecule has 0 aliphatic heterocycles. The maximum atomic E-state index is 10.7. The SMILES string of the molecule is Cc1cc([N+](=O)[O-])ccc1-c1ccc(C(=S)N(C)C)o1. The summed E-state index contributed by atoms with van der Waals surface area (Å²) in [5, 5.41) is 10.7. The van der Waals surface area contributed by atoms with Crippen LogP contribution in [0.2, 0.25) is 0 Å². The van der Waals surface area contributed by atoms with Crippen molar-refractivity contribution in [3.8, 4) is 11.3 Å². The first-order valence-electron chi connectivity index (χ1n) is 5.97. The molecule has 0 fully saturated rings. The van der Waals surface area contributed by atoms with Crippen LogP contribution in [0.5, 0.6) is 0 Å². The third-order valence-corrected chi connectivity index (χ3v) is 3.48. The van der Waals surface area contributed by atoms with Gasteiger partial charge in [-0.3, -0.25) is 10.1 Å². The molecule has 0 saturated heterocycles. The highest BCUT2D eigenvalue weighted by atomic mass is 32.1. The van der Waals surface area contributed by atoms with Crippen molar-refractivity contribution < 1.29 is 9.34 Å². The number of aryl methyl sites for hydroxylation is 1. The number of furan rings is 1. The number of non-ortho nitro benzene ring substituents is 1. The van der Waals surface area contributed by atoms with Crippen molar-refractivity contribution in [2.75, 3.05) is 14.1 Å². The molecule has 6 heteroatoms. The van der Waals surface area contributed by atoms with Crippen LogP contribution in [-0.4, -0.2) is 28.9 Å². The summed E-state index contributed by atoms with van der Waals surface area (Å²) >= 11 is 5.24. The van der Waals surface area contributed by atoms with Crippen LogP contribution < -0.4 is 0 Å². The number of thiocarbonyl (C=S) groups is 1. The third kappa shape index (κ3) is 2.70. The van der Waals surface area contributed by atoms with E-state index in [0.717, 1.165) is 11.1 Å². The van der Waals surface area contributed by atoms with Crippen molar-refractivity contribution in [1.29, 1.82) is 0 Å². The van der Waals surface area contributed by atoms with Crippen LogP contribution in [0.4, 0.5) is 5.69 Å². The Morgan fingerprint density at radius 1 is 1.30 bits per heavy atom. The molecule has 0 amide bonds. The minimum Gasteiger partial charge on any atom is -0.454 e. The molecule has 0 aliphatic rings. The predicted molar refractivity (Wildman–Crippen MR) is 80.9 cm³/mol. The van der Waals surface area contributed by atoms with Crippen molar-refractivity contribution in [3.63, 3.8) is 0 Å². The molecule has 0 N–H and O–H groups in total. The van der Waals surface area contributed by atoms with Gasteiger partial charge in [-0.15, -0.1) is 0 Å². The Balaban J connectivity index is 2.38. The Labute approximate surface area is 122 Å². The molecule has 5 nitrogen and oxygen atoms in total. The van der Waals surface area contributed by atoms with Crippen LogP contribution in [-0.2, 0) is 0 Å². The third-order valence-electron chi connectivity index (χ3n) is 2.91. The van der Waals surface area contributed by atoms with Gasteiger partial charge in [-0.2, -0.15) is 0 Å². The Bertz CT molecular complexity index is 677. The van der Waals surface area contributed by atoms with E-state index in [1.54, 1.807) is 17.0 Å².